The molecule has 28 heavy (non-hydrogen) atoms. The molecule has 2 N–H and O–H groups in total. The van der Waals surface area contributed by atoms with Crippen molar-refractivity contribution in [3.63, 3.8) is 0 Å². The molecule has 5 rings (SSSR count). The van der Waals surface area contributed by atoms with Gasteiger partial charge in [-0.3, -0.25) is 15.1 Å². The Morgan fingerprint density at radius 3 is 2.57 bits per heavy atom. The van der Waals surface area contributed by atoms with Crippen LogP contribution in [0.25, 0.3) is 33.7 Å². The predicted octanol–water partition coefficient (Wildman–Crippen LogP) is 2.54. The minimum atomic E-state index is 0.535. The SMILES string of the molecule is Clc1cnc(-c2ccn[nH]2)c2nc(-c3ccncc3)nc(N3CCNCC3)c12. The van der Waals surface area contributed by atoms with Crippen LogP contribution in [0.1, 0.15) is 0 Å². The van der Waals surface area contributed by atoms with Gasteiger partial charge in [0.25, 0.3) is 0 Å². The van der Waals surface area contributed by atoms with E-state index in [-0.39, 0.29) is 0 Å². The Hall–Kier alpha value is -3.10. The second-order valence-electron chi connectivity index (χ2n) is 6.49. The molecule has 1 saturated heterocycles. The number of fused-ring (bicyclic) bond motifs is 1. The van der Waals surface area contributed by atoms with Gasteiger partial charge in [0.2, 0.25) is 0 Å². The number of piperazine rings is 1. The molecule has 0 amide bonds. The number of aromatic nitrogens is 6. The van der Waals surface area contributed by atoms with E-state index >= 15 is 0 Å². The third-order valence-electron chi connectivity index (χ3n) is 4.77. The number of anilines is 1. The van der Waals surface area contributed by atoms with Crippen molar-refractivity contribution >= 4 is 28.3 Å². The maximum absolute atomic E-state index is 6.59. The van der Waals surface area contributed by atoms with Crippen molar-refractivity contribution in [3.8, 4) is 22.8 Å². The van der Waals surface area contributed by atoms with Gasteiger partial charge in [-0.25, -0.2) is 9.97 Å². The molecule has 0 atom stereocenters. The molecular weight excluding hydrogens is 376 g/mol. The highest BCUT2D eigenvalue weighted by molar-refractivity contribution is 6.36. The number of halogens is 1. The molecule has 1 aliphatic rings. The predicted molar refractivity (Wildman–Crippen MR) is 108 cm³/mol. The summed E-state index contributed by atoms with van der Waals surface area (Å²) in [6.07, 6.45) is 6.82. The van der Waals surface area contributed by atoms with Gasteiger partial charge in [-0.05, 0) is 18.2 Å². The molecule has 1 fully saturated rings. The van der Waals surface area contributed by atoms with E-state index in [9.17, 15) is 0 Å². The first-order valence-corrected chi connectivity index (χ1v) is 9.41. The third kappa shape index (κ3) is 2.96. The van der Waals surface area contributed by atoms with Crippen molar-refractivity contribution in [1.82, 2.24) is 35.5 Å². The minimum absolute atomic E-state index is 0.535. The summed E-state index contributed by atoms with van der Waals surface area (Å²) < 4.78 is 0. The van der Waals surface area contributed by atoms with Crippen LogP contribution in [0, 0.1) is 0 Å². The van der Waals surface area contributed by atoms with E-state index in [1.165, 1.54) is 0 Å². The third-order valence-corrected chi connectivity index (χ3v) is 5.06. The van der Waals surface area contributed by atoms with Crippen LogP contribution in [0.5, 0.6) is 0 Å². The number of rotatable bonds is 3. The van der Waals surface area contributed by atoms with Crippen molar-refractivity contribution in [2.45, 2.75) is 0 Å². The van der Waals surface area contributed by atoms with E-state index in [2.05, 4.69) is 30.4 Å². The number of hydrogen-bond acceptors (Lipinski definition) is 7. The number of nitrogens with one attached hydrogen (secondary N) is 2. The van der Waals surface area contributed by atoms with Gasteiger partial charge >= 0.3 is 0 Å². The molecular formula is C19H17ClN8. The maximum atomic E-state index is 6.59. The van der Waals surface area contributed by atoms with Crippen LogP contribution >= 0.6 is 11.6 Å². The average Bonchev–Trinajstić information content (AvgIpc) is 3.29. The molecule has 0 aliphatic carbocycles. The van der Waals surface area contributed by atoms with E-state index < -0.39 is 0 Å². The lowest BCUT2D eigenvalue weighted by Gasteiger charge is -2.29. The first-order chi connectivity index (χ1) is 13.8. The maximum Gasteiger partial charge on any atom is 0.162 e. The van der Waals surface area contributed by atoms with Crippen molar-refractivity contribution in [1.29, 1.82) is 0 Å². The zero-order valence-electron chi connectivity index (χ0n) is 14.9. The summed E-state index contributed by atoms with van der Waals surface area (Å²) in [4.78, 5) is 20.6. The number of H-pyrrole nitrogens is 1. The van der Waals surface area contributed by atoms with Gasteiger partial charge in [0, 0.05) is 56.5 Å². The fourth-order valence-electron chi connectivity index (χ4n) is 3.41. The van der Waals surface area contributed by atoms with E-state index in [1.807, 2.05) is 18.2 Å². The summed E-state index contributed by atoms with van der Waals surface area (Å²) in [5.41, 5.74) is 3.08. The molecule has 4 aromatic rings. The van der Waals surface area contributed by atoms with E-state index in [0.29, 0.717) is 22.1 Å². The van der Waals surface area contributed by atoms with Crippen LogP contribution in [0.3, 0.4) is 0 Å². The second kappa shape index (κ2) is 7.14. The number of hydrogen-bond donors (Lipinski definition) is 2. The lowest BCUT2D eigenvalue weighted by Crippen LogP contribution is -2.44. The largest absolute Gasteiger partial charge is 0.353 e. The number of aromatic amines is 1. The Bertz CT molecular complexity index is 1110. The van der Waals surface area contributed by atoms with Crippen LogP contribution in [0.4, 0.5) is 5.82 Å². The van der Waals surface area contributed by atoms with Crippen LogP contribution in [0.15, 0.2) is 43.0 Å². The summed E-state index contributed by atoms with van der Waals surface area (Å²) in [5.74, 6) is 1.44. The molecule has 0 unspecified atom stereocenters. The topological polar surface area (TPSA) is 95.5 Å². The van der Waals surface area contributed by atoms with Crippen molar-refractivity contribution in [3.05, 3.63) is 48.0 Å². The standard InChI is InChI=1S/C19H17ClN8/c20-13-11-23-16(14-3-6-24-27-14)17-15(13)19(28-9-7-22-8-10-28)26-18(25-17)12-1-4-21-5-2-12/h1-6,11,22H,7-10H2,(H,24,27). The first-order valence-electron chi connectivity index (χ1n) is 9.03. The van der Waals surface area contributed by atoms with Gasteiger partial charge in [-0.1, -0.05) is 11.6 Å². The van der Waals surface area contributed by atoms with Gasteiger partial charge in [0.1, 0.15) is 17.0 Å². The summed E-state index contributed by atoms with van der Waals surface area (Å²) >= 11 is 6.59. The Labute approximate surface area is 166 Å². The molecule has 4 aromatic heterocycles. The lowest BCUT2D eigenvalue weighted by molar-refractivity contribution is 0.586. The molecule has 0 bridgehead atoms. The van der Waals surface area contributed by atoms with E-state index in [0.717, 1.165) is 48.6 Å². The first kappa shape index (κ1) is 17.0. The highest BCUT2D eigenvalue weighted by atomic mass is 35.5. The molecule has 8 nitrogen and oxygen atoms in total. The zero-order valence-corrected chi connectivity index (χ0v) is 15.7. The highest BCUT2D eigenvalue weighted by Crippen LogP contribution is 2.36. The van der Waals surface area contributed by atoms with E-state index in [4.69, 9.17) is 21.6 Å². The van der Waals surface area contributed by atoms with Crippen molar-refractivity contribution in [2.24, 2.45) is 0 Å². The summed E-state index contributed by atoms with van der Waals surface area (Å²) in [7, 11) is 0. The fraction of sp³-hybridized carbons (Fsp3) is 0.211. The van der Waals surface area contributed by atoms with Crippen LogP contribution in [0.2, 0.25) is 5.02 Å². The monoisotopic (exact) mass is 392 g/mol. The van der Waals surface area contributed by atoms with Crippen LogP contribution < -0.4 is 10.2 Å². The second-order valence-corrected chi connectivity index (χ2v) is 6.90. The van der Waals surface area contributed by atoms with Gasteiger partial charge in [0.15, 0.2) is 5.82 Å². The average molecular weight is 393 g/mol. The molecule has 140 valence electrons. The molecule has 0 radical (unpaired) electrons. The molecule has 0 aromatic carbocycles. The molecule has 9 heteroatoms. The normalized spacial score (nSPS) is 14.5. The van der Waals surface area contributed by atoms with Crippen LogP contribution in [-0.4, -0.2) is 56.3 Å². The molecule has 0 spiro atoms. The fourth-order valence-corrected chi connectivity index (χ4v) is 3.63. The smallest absolute Gasteiger partial charge is 0.162 e. The Kier molecular flexibility index (Phi) is 4.34. The van der Waals surface area contributed by atoms with E-state index in [1.54, 1.807) is 24.8 Å². The van der Waals surface area contributed by atoms with Crippen molar-refractivity contribution in [2.75, 3.05) is 31.1 Å². The summed E-state index contributed by atoms with van der Waals surface area (Å²) in [6, 6.07) is 5.67. The molecule has 0 saturated carbocycles. The van der Waals surface area contributed by atoms with Gasteiger partial charge in [-0.2, -0.15) is 5.10 Å². The highest BCUT2D eigenvalue weighted by Gasteiger charge is 2.22. The van der Waals surface area contributed by atoms with Gasteiger partial charge in [0.05, 0.1) is 16.1 Å². The number of pyridine rings is 2. The number of nitrogens with zero attached hydrogens (tertiary/aromatic N) is 6. The Morgan fingerprint density at radius 1 is 1.00 bits per heavy atom. The summed E-state index contributed by atoms with van der Waals surface area (Å²) in [5, 5.41) is 11.7. The molecule has 5 heterocycles. The van der Waals surface area contributed by atoms with Gasteiger partial charge in [-0.15, -0.1) is 0 Å². The van der Waals surface area contributed by atoms with Crippen molar-refractivity contribution < 1.29 is 0 Å². The summed E-state index contributed by atoms with van der Waals surface area (Å²) in [6.45, 7) is 3.48. The lowest BCUT2D eigenvalue weighted by atomic mass is 10.1. The Balaban J connectivity index is 1.82. The van der Waals surface area contributed by atoms with Crippen LogP contribution in [-0.2, 0) is 0 Å². The quantitative estimate of drug-likeness (QED) is 0.553. The zero-order chi connectivity index (χ0) is 18.9. The van der Waals surface area contributed by atoms with Gasteiger partial charge < -0.3 is 10.2 Å². The Morgan fingerprint density at radius 2 is 1.82 bits per heavy atom. The molecule has 1 aliphatic heterocycles. The minimum Gasteiger partial charge on any atom is -0.353 e.